The average molecular weight is 439 g/mol. The third-order valence-electron chi connectivity index (χ3n) is 5.84. The van der Waals surface area contributed by atoms with Crippen molar-refractivity contribution in [1.29, 1.82) is 0 Å². The van der Waals surface area contributed by atoms with Crippen molar-refractivity contribution >= 4 is 40.7 Å². The fourth-order valence-corrected chi connectivity index (χ4v) is 4.94. The highest BCUT2D eigenvalue weighted by atomic mass is 32.2. The minimum absolute atomic E-state index is 0.0739. The highest BCUT2D eigenvalue weighted by Crippen LogP contribution is 2.34. The summed E-state index contributed by atoms with van der Waals surface area (Å²) in [6.45, 7) is 4.54. The van der Waals surface area contributed by atoms with Crippen molar-refractivity contribution in [3.8, 4) is 0 Å². The van der Waals surface area contributed by atoms with Crippen LogP contribution in [0.5, 0.6) is 0 Å². The highest BCUT2D eigenvalue weighted by Gasteiger charge is 2.50. The summed E-state index contributed by atoms with van der Waals surface area (Å²) in [4.78, 5) is 17.3. The maximum Gasteiger partial charge on any atom is 0.241 e. The smallest absolute Gasteiger partial charge is 0.241 e. The Kier molecular flexibility index (Phi) is 7.76. The molecule has 0 aliphatic carbocycles. The Balaban J connectivity index is 1.63. The topological polar surface area (TPSA) is 47.6 Å². The zero-order valence-corrected chi connectivity index (χ0v) is 18.9. The average Bonchev–Trinajstić information content (AvgIpc) is 2.97. The van der Waals surface area contributed by atoms with E-state index in [0.29, 0.717) is 5.11 Å². The summed E-state index contributed by atoms with van der Waals surface area (Å²) in [6.07, 6.45) is 6.76. The molecule has 2 fully saturated rings. The summed E-state index contributed by atoms with van der Waals surface area (Å²) >= 11 is 7.36. The number of unbranched alkanes of at least 4 members (excludes halogenated alkanes) is 1. The van der Waals surface area contributed by atoms with E-state index in [9.17, 15) is 9.18 Å². The van der Waals surface area contributed by atoms with Gasteiger partial charge >= 0.3 is 0 Å². The zero-order chi connectivity index (χ0) is 20.9. The van der Waals surface area contributed by atoms with Crippen LogP contribution in [0.15, 0.2) is 24.3 Å². The van der Waals surface area contributed by atoms with Crippen LogP contribution in [-0.4, -0.2) is 64.2 Å². The number of hydrogen-bond acceptors (Lipinski definition) is 4. The molecule has 2 saturated heterocycles. The SMILES string of the molecule is CCCCN1C(=O)C(CCSC)NC12CCN(C(=S)Nc1ccc(F)cc1)CC2. The van der Waals surface area contributed by atoms with Gasteiger partial charge in [0.15, 0.2) is 5.11 Å². The quantitative estimate of drug-likeness (QED) is 0.634. The second kappa shape index (κ2) is 10.1. The summed E-state index contributed by atoms with van der Waals surface area (Å²) < 4.78 is 13.1. The Morgan fingerprint density at radius 3 is 2.66 bits per heavy atom. The summed E-state index contributed by atoms with van der Waals surface area (Å²) in [5, 5.41) is 7.54. The molecule has 3 rings (SSSR count). The van der Waals surface area contributed by atoms with Gasteiger partial charge < -0.3 is 15.1 Å². The van der Waals surface area contributed by atoms with Crippen LogP contribution >= 0.6 is 24.0 Å². The maximum absolute atomic E-state index is 13.1. The number of carbonyl (C=O) groups excluding carboxylic acids is 1. The molecule has 1 atom stereocenters. The monoisotopic (exact) mass is 438 g/mol. The van der Waals surface area contributed by atoms with Crippen LogP contribution < -0.4 is 10.6 Å². The Morgan fingerprint density at radius 1 is 1.34 bits per heavy atom. The molecule has 0 saturated carbocycles. The van der Waals surface area contributed by atoms with Crippen molar-refractivity contribution in [1.82, 2.24) is 15.1 Å². The van der Waals surface area contributed by atoms with Gasteiger partial charge in [0.05, 0.1) is 11.7 Å². The first-order valence-corrected chi connectivity index (χ1v) is 12.2. The van der Waals surface area contributed by atoms with E-state index in [1.807, 2.05) is 0 Å². The molecule has 2 aliphatic heterocycles. The number of anilines is 1. The predicted molar refractivity (Wildman–Crippen MR) is 123 cm³/mol. The van der Waals surface area contributed by atoms with Crippen molar-refractivity contribution < 1.29 is 9.18 Å². The van der Waals surface area contributed by atoms with Gasteiger partial charge in [-0.1, -0.05) is 13.3 Å². The molecule has 2 aliphatic rings. The summed E-state index contributed by atoms with van der Waals surface area (Å²) in [6, 6.07) is 6.14. The molecule has 1 amide bonds. The van der Waals surface area contributed by atoms with E-state index >= 15 is 0 Å². The van der Waals surface area contributed by atoms with Gasteiger partial charge in [0.1, 0.15) is 5.82 Å². The molecule has 0 radical (unpaired) electrons. The minimum Gasteiger partial charge on any atom is -0.349 e. The Labute approximate surface area is 182 Å². The maximum atomic E-state index is 13.1. The lowest BCUT2D eigenvalue weighted by Crippen LogP contribution is -2.60. The van der Waals surface area contributed by atoms with Crippen molar-refractivity contribution in [3.63, 3.8) is 0 Å². The van der Waals surface area contributed by atoms with E-state index in [0.717, 1.165) is 63.2 Å². The van der Waals surface area contributed by atoms with Gasteiger partial charge in [-0.05, 0) is 61.3 Å². The third kappa shape index (κ3) is 5.22. The molecular weight excluding hydrogens is 407 g/mol. The predicted octanol–water partition coefficient (Wildman–Crippen LogP) is 3.67. The second-order valence-electron chi connectivity index (χ2n) is 7.78. The van der Waals surface area contributed by atoms with Crippen LogP contribution in [0.3, 0.4) is 0 Å². The molecule has 160 valence electrons. The fraction of sp³-hybridized carbons (Fsp3) is 0.619. The standard InChI is InChI=1S/C21H31FN4OS2/c1-3-4-12-26-19(27)18(9-15-29-2)24-21(26)10-13-25(14-11-21)20(28)23-17-7-5-16(22)6-8-17/h5-8,18,24H,3-4,9-15H2,1-2H3,(H,23,28). The first kappa shape index (κ1) is 22.3. The normalized spacial score (nSPS) is 21.1. The summed E-state index contributed by atoms with van der Waals surface area (Å²) in [5.74, 6) is 0.980. The largest absolute Gasteiger partial charge is 0.349 e. The van der Waals surface area contributed by atoms with E-state index in [4.69, 9.17) is 12.2 Å². The number of amides is 1. The van der Waals surface area contributed by atoms with Gasteiger partial charge in [-0.3, -0.25) is 10.1 Å². The molecule has 2 N–H and O–H groups in total. The molecule has 0 bridgehead atoms. The van der Waals surface area contributed by atoms with Gasteiger partial charge in [0.25, 0.3) is 0 Å². The number of nitrogens with one attached hydrogen (secondary N) is 2. The van der Waals surface area contributed by atoms with Gasteiger partial charge in [0.2, 0.25) is 5.91 Å². The van der Waals surface area contributed by atoms with E-state index < -0.39 is 0 Å². The number of nitrogens with zero attached hydrogens (tertiary/aromatic N) is 2. The van der Waals surface area contributed by atoms with E-state index in [1.54, 1.807) is 23.9 Å². The number of rotatable bonds is 7. The van der Waals surface area contributed by atoms with E-state index in [2.05, 4.69) is 33.6 Å². The van der Waals surface area contributed by atoms with Crippen LogP contribution in [0.1, 0.15) is 39.0 Å². The third-order valence-corrected chi connectivity index (χ3v) is 6.85. The van der Waals surface area contributed by atoms with Crippen LogP contribution in [0.4, 0.5) is 10.1 Å². The Morgan fingerprint density at radius 2 is 2.03 bits per heavy atom. The number of piperidine rings is 1. The highest BCUT2D eigenvalue weighted by molar-refractivity contribution is 7.98. The number of thioether (sulfide) groups is 1. The van der Waals surface area contributed by atoms with Gasteiger partial charge in [-0.2, -0.15) is 11.8 Å². The molecule has 8 heteroatoms. The molecule has 29 heavy (non-hydrogen) atoms. The first-order chi connectivity index (χ1) is 14.0. The molecule has 1 spiro atoms. The summed E-state index contributed by atoms with van der Waals surface area (Å²) in [5.41, 5.74) is 0.532. The Hall–Kier alpha value is -1.38. The lowest BCUT2D eigenvalue weighted by atomic mass is 9.95. The van der Waals surface area contributed by atoms with Crippen LogP contribution in [-0.2, 0) is 4.79 Å². The number of thiocarbonyl (C=S) groups is 1. The molecule has 0 aromatic heterocycles. The van der Waals surface area contributed by atoms with Gasteiger partial charge in [-0.25, -0.2) is 4.39 Å². The molecule has 5 nitrogen and oxygen atoms in total. The molecule has 1 aromatic carbocycles. The van der Waals surface area contributed by atoms with E-state index in [1.165, 1.54) is 12.1 Å². The lowest BCUT2D eigenvalue weighted by molar-refractivity contribution is -0.133. The van der Waals surface area contributed by atoms with Crippen LogP contribution in [0.2, 0.25) is 0 Å². The lowest BCUT2D eigenvalue weighted by Gasteiger charge is -2.45. The van der Waals surface area contributed by atoms with Crippen LogP contribution in [0, 0.1) is 5.82 Å². The number of carbonyl (C=O) groups is 1. The Bertz CT molecular complexity index is 707. The number of benzene rings is 1. The first-order valence-electron chi connectivity index (χ1n) is 10.4. The number of halogens is 1. The van der Waals surface area contributed by atoms with Crippen LogP contribution in [0.25, 0.3) is 0 Å². The van der Waals surface area contributed by atoms with Crippen molar-refractivity contribution in [3.05, 3.63) is 30.1 Å². The molecule has 2 heterocycles. The number of likely N-dealkylation sites (tertiary alicyclic amines) is 1. The van der Waals surface area contributed by atoms with Crippen molar-refractivity contribution in [2.24, 2.45) is 0 Å². The minimum atomic E-state index is -0.262. The fourth-order valence-electron chi connectivity index (χ4n) is 4.16. The molecule has 1 aromatic rings. The summed E-state index contributed by atoms with van der Waals surface area (Å²) in [7, 11) is 0. The van der Waals surface area contributed by atoms with Crippen molar-refractivity contribution in [2.75, 3.05) is 37.0 Å². The molecule has 1 unspecified atom stereocenters. The zero-order valence-electron chi connectivity index (χ0n) is 17.2. The van der Waals surface area contributed by atoms with Gasteiger partial charge in [-0.15, -0.1) is 0 Å². The number of hydrogen-bond donors (Lipinski definition) is 2. The van der Waals surface area contributed by atoms with Gasteiger partial charge in [0, 0.05) is 38.2 Å². The second-order valence-corrected chi connectivity index (χ2v) is 9.15. The van der Waals surface area contributed by atoms with E-state index in [-0.39, 0.29) is 23.4 Å². The van der Waals surface area contributed by atoms with Crippen molar-refractivity contribution in [2.45, 2.75) is 50.7 Å². The molecular formula is C21H31FN4OS2.